The van der Waals surface area contributed by atoms with Gasteiger partial charge in [-0.1, -0.05) is 11.6 Å². The van der Waals surface area contributed by atoms with Gasteiger partial charge in [-0.05, 0) is 47.2 Å². The van der Waals surface area contributed by atoms with Crippen molar-refractivity contribution in [1.82, 2.24) is 0 Å². The van der Waals surface area contributed by atoms with Crippen molar-refractivity contribution in [2.45, 2.75) is 12.5 Å². The summed E-state index contributed by atoms with van der Waals surface area (Å²) in [4.78, 5) is 13.3. The van der Waals surface area contributed by atoms with E-state index < -0.39 is 0 Å². The molecule has 1 amide bonds. The summed E-state index contributed by atoms with van der Waals surface area (Å²) in [6.07, 6.45) is 0.696. The first kappa shape index (κ1) is 11.2. The smallest absolute Gasteiger partial charge is 0.244 e. The van der Waals surface area contributed by atoms with E-state index in [0.29, 0.717) is 18.0 Å². The maximum atomic E-state index is 11.7. The highest BCUT2D eigenvalue weighted by Gasteiger charge is 2.30. The maximum Gasteiger partial charge on any atom is 0.244 e. The van der Waals surface area contributed by atoms with Gasteiger partial charge in [0.1, 0.15) is 0 Å². The fourth-order valence-electron chi connectivity index (χ4n) is 1.64. The molecule has 0 radical (unpaired) electrons. The molecule has 1 aliphatic heterocycles. The molecule has 1 saturated heterocycles. The van der Waals surface area contributed by atoms with E-state index in [1.54, 1.807) is 4.90 Å². The number of hydrogen-bond donors (Lipinski definition) is 1. The van der Waals surface area contributed by atoms with Gasteiger partial charge < -0.3 is 10.6 Å². The van der Waals surface area contributed by atoms with Crippen molar-refractivity contribution in [3.05, 3.63) is 26.8 Å². The molecule has 2 rings (SSSR count). The van der Waals surface area contributed by atoms with Crippen LogP contribution in [0.2, 0.25) is 5.02 Å². The molecule has 1 heterocycles. The van der Waals surface area contributed by atoms with Crippen LogP contribution in [0.25, 0.3) is 0 Å². The highest BCUT2D eigenvalue weighted by molar-refractivity contribution is 14.1. The SMILES string of the molecule is NC1CCN(c2ccc(I)cc2Cl)C1=O. The maximum absolute atomic E-state index is 11.7. The first-order valence-corrected chi connectivity index (χ1v) is 6.07. The number of carbonyl (C=O) groups is 1. The Morgan fingerprint density at radius 1 is 1.53 bits per heavy atom. The summed E-state index contributed by atoms with van der Waals surface area (Å²) in [6, 6.07) is 5.26. The van der Waals surface area contributed by atoms with Crippen molar-refractivity contribution in [3.63, 3.8) is 0 Å². The van der Waals surface area contributed by atoms with E-state index in [2.05, 4.69) is 22.6 Å². The Morgan fingerprint density at radius 3 is 2.80 bits per heavy atom. The van der Waals surface area contributed by atoms with Crippen molar-refractivity contribution >= 4 is 45.8 Å². The number of rotatable bonds is 1. The van der Waals surface area contributed by atoms with E-state index in [-0.39, 0.29) is 11.9 Å². The van der Waals surface area contributed by atoms with Crippen molar-refractivity contribution < 1.29 is 4.79 Å². The molecule has 0 saturated carbocycles. The van der Waals surface area contributed by atoms with Crippen LogP contribution in [0.3, 0.4) is 0 Å². The average molecular weight is 337 g/mol. The lowest BCUT2D eigenvalue weighted by Gasteiger charge is -2.17. The van der Waals surface area contributed by atoms with Crippen LogP contribution in [0.5, 0.6) is 0 Å². The summed E-state index contributed by atoms with van der Waals surface area (Å²) in [5, 5.41) is 0.601. The standard InChI is InChI=1S/C10H10ClIN2O/c11-7-5-6(12)1-2-9(7)14-4-3-8(13)10(14)15/h1-2,5,8H,3-4,13H2. The molecular weight excluding hydrogens is 326 g/mol. The van der Waals surface area contributed by atoms with Crippen LogP contribution in [0.15, 0.2) is 18.2 Å². The lowest BCUT2D eigenvalue weighted by Crippen LogP contribution is -2.34. The fraction of sp³-hybridized carbons (Fsp3) is 0.300. The van der Waals surface area contributed by atoms with E-state index in [1.165, 1.54) is 0 Å². The molecule has 1 aliphatic rings. The van der Waals surface area contributed by atoms with E-state index >= 15 is 0 Å². The van der Waals surface area contributed by atoms with Crippen LogP contribution in [0.4, 0.5) is 5.69 Å². The molecule has 1 fully saturated rings. The summed E-state index contributed by atoms with van der Waals surface area (Å²) in [7, 11) is 0. The van der Waals surface area contributed by atoms with Crippen LogP contribution in [-0.4, -0.2) is 18.5 Å². The van der Waals surface area contributed by atoms with Crippen LogP contribution in [0, 0.1) is 3.57 Å². The van der Waals surface area contributed by atoms with E-state index in [0.717, 1.165) is 9.26 Å². The number of hydrogen-bond acceptors (Lipinski definition) is 2. The largest absolute Gasteiger partial charge is 0.320 e. The summed E-state index contributed by atoms with van der Waals surface area (Å²) in [5.41, 5.74) is 6.41. The number of nitrogens with two attached hydrogens (primary N) is 1. The van der Waals surface area contributed by atoms with Crippen LogP contribution in [-0.2, 0) is 4.79 Å². The summed E-state index contributed by atoms with van der Waals surface area (Å²) in [6.45, 7) is 0.653. The topological polar surface area (TPSA) is 46.3 Å². The second-order valence-corrected chi connectivity index (χ2v) is 5.13. The zero-order valence-electron chi connectivity index (χ0n) is 7.91. The van der Waals surface area contributed by atoms with Gasteiger partial charge in [0.05, 0.1) is 16.8 Å². The second-order valence-electron chi connectivity index (χ2n) is 3.48. The lowest BCUT2D eigenvalue weighted by molar-refractivity contribution is -0.118. The number of carbonyl (C=O) groups excluding carboxylic acids is 1. The van der Waals surface area contributed by atoms with Gasteiger partial charge in [0.25, 0.3) is 0 Å². The molecule has 15 heavy (non-hydrogen) atoms. The van der Waals surface area contributed by atoms with Crippen molar-refractivity contribution in [1.29, 1.82) is 0 Å². The molecule has 2 N–H and O–H groups in total. The van der Waals surface area contributed by atoms with Gasteiger partial charge in [-0.3, -0.25) is 4.79 Å². The third-order valence-corrected chi connectivity index (χ3v) is 3.42. The van der Waals surface area contributed by atoms with Gasteiger partial charge in [0, 0.05) is 10.1 Å². The molecule has 0 bridgehead atoms. The van der Waals surface area contributed by atoms with Gasteiger partial charge in [-0.15, -0.1) is 0 Å². The van der Waals surface area contributed by atoms with Gasteiger partial charge in [0.15, 0.2) is 0 Å². The Kier molecular flexibility index (Phi) is 3.18. The van der Waals surface area contributed by atoms with Crippen LogP contribution >= 0.6 is 34.2 Å². The Labute approximate surface area is 107 Å². The van der Waals surface area contributed by atoms with Gasteiger partial charge in [0.2, 0.25) is 5.91 Å². The normalized spacial score (nSPS) is 21.1. The molecule has 3 nitrogen and oxygen atoms in total. The first-order valence-electron chi connectivity index (χ1n) is 4.61. The molecule has 80 valence electrons. The zero-order valence-corrected chi connectivity index (χ0v) is 10.8. The Bertz CT molecular complexity index is 410. The Morgan fingerprint density at radius 2 is 2.27 bits per heavy atom. The van der Waals surface area contributed by atoms with Gasteiger partial charge in [-0.2, -0.15) is 0 Å². The van der Waals surface area contributed by atoms with Crippen molar-refractivity contribution in [3.8, 4) is 0 Å². The monoisotopic (exact) mass is 336 g/mol. The first-order chi connectivity index (χ1) is 7.09. The molecule has 0 spiro atoms. The molecule has 0 aliphatic carbocycles. The quantitative estimate of drug-likeness (QED) is 0.798. The lowest BCUT2D eigenvalue weighted by atomic mass is 10.3. The van der Waals surface area contributed by atoms with Crippen molar-refractivity contribution in [2.24, 2.45) is 5.73 Å². The molecule has 5 heteroatoms. The predicted octanol–water partition coefficient (Wildman–Crippen LogP) is 2.01. The molecule has 1 unspecified atom stereocenters. The highest BCUT2D eigenvalue weighted by atomic mass is 127. The molecule has 1 aromatic carbocycles. The molecule has 1 aromatic rings. The number of benzene rings is 1. The third kappa shape index (κ3) is 2.11. The third-order valence-electron chi connectivity index (χ3n) is 2.45. The van der Waals surface area contributed by atoms with Crippen LogP contribution in [0.1, 0.15) is 6.42 Å². The van der Waals surface area contributed by atoms with E-state index in [1.807, 2.05) is 18.2 Å². The summed E-state index contributed by atoms with van der Waals surface area (Å²) in [5.74, 6) is -0.0434. The second kappa shape index (κ2) is 4.27. The fourth-order valence-corrected chi connectivity index (χ4v) is 2.60. The molecule has 0 aromatic heterocycles. The Balaban J connectivity index is 2.34. The van der Waals surface area contributed by atoms with Crippen LogP contribution < -0.4 is 10.6 Å². The average Bonchev–Trinajstić information content (AvgIpc) is 2.49. The van der Waals surface area contributed by atoms with Gasteiger partial charge >= 0.3 is 0 Å². The van der Waals surface area contributed by atoms with Crippen molar-refractivity contribution in [2.75, 3.05) is 11.4 Å². The minimum absolute atomic E-state index is 0.0434. The summed E-state index contributed by atoms with van der Waals surface area (Å²) < 4.78 is 1.05. The zero-order chi connectivity index (χ0) is 11.0. The predicted molar refractivity (Wildman–Crippen MR) is 69.1 cm³/mol. The molecular formula is C10H10ClIN2O. The number of anilines is 1. The number of halogens is 2. The Hall–Kier alpha value is -0.330. The minimum atomic E-state index is -0.375. The van der Waals surface area contributed by atoms with E-state index in [4.69, 9.17) is 17.3 Å². The van der Waals surface area contributed by atoms with Gasteiger partial charge in [-0.25, -0.2) is 0 Å². The van der Waals surface area contributed by atoms with E-state index in [9.17, 15) is 4.79 Å². The number of amides is 1. The molecule has 1 atom stereocenters. The minimum Gasteiger partial charge on any atom is -0.320 e. The number of nitrogens with zero attached hydrogens (tertiary/aromatic N) is 1. The highest BCUT2D eigenvalue weighted by Crippen LogP contribution is 2.30. The summed E-state index contributed by atoms with van der Waals surface area (Å²) >= 11 is 8.27.